The van der Waals surface area contributed by atoms with Crippen LogP contribution in [0.5, 0.6) is 5.75 Å². The zero-order chi connectivity index (χ0) is 14.5. The van der Waals surface area contributed by atoms with E-state index in [0.29, 0.717) is 5.56 Å². The molecule has 0 aromatic heterocycles. The van der Waals surface area contributed by atoms with E-state index in [1.165, 1.54) is 0 Å². The van der Waals surface area contributed by atoms with E-state index in [1.54, 1.807) is 18.7 Å². The van der Waals surface area contributed by atoms with Gasteiger partial charge < -0.3 is 4.74 Å². The quantitative estimate of drug-likeness (QED) is 0.603. The van der Waals surface area contributed by atoms with Crippen LogP contribution in [-0.4, -0.2) is 18.1 Å². The summed E-state index contributed by atoms with van der Waals surface area (Å²) in [6.45, 7) is 3.79. The summed E-state index contributed by atoms with van der Waals surface area (Å²) in [5.74, 6) is 0.758. The molecule has 2 rings (SSSR count). The fraction of sp³-hybridized carbons (Fsp3) is 0.235. The molecular formula is C17H18O2S. The third-order valence-electron chi connectivity index (χ3n) is 3.08. The number of aryl methyl sites for hydroxylation is 1. The first kappa shape index (κ1) is 14.7. The maximum Gasteiger partial charge on any atom is 0.202 e. The van der Waals surface area contributed by atoms with Crippen LogP contribution in [0.15, 0.2) is 53.4 Å². The molecule has 1 atom stereocenters. The maximum atomic E-state index is 12.3. The van der Waals surface area contributed by atoms with Gasteiger partial charge in [-0.2, -0.15) is 0 Å². The first-order chi connectivity index (χ1) is 9.61. The summed E-state index contributed by atoms with van der Waals surface area (Å²) in [4.78, 5) is 13.4. The molecule has 20 heavy (non-hydrogen) atoms. The van der Waals surface area contributed by atoms with Crippen LogP contribution in [0.25, 0.3) is 0 Å². The van der Waals surface area contributed by atoms with Gasteiger partial charge in [0.2, 0.25) is 5.78 Å². The molecule has 0 saturated carbocycles. The Kier molecular flexibility index (Phi) is 4.85. The number of carbonyl (C=O) groups is 1. The van der Waals surface area contributed by atoms with E-state index >= 15 is 0 Å². The molecule has 0 N–H and O–H groups in total. The highest BCUT2D eigenvalue weighted by Gasteiger charge is 2.17. The van der Waals surface area contributed by atoms with Crippen LogP contribution in [-0.2, 0) is 0 Å². The first-order valence-corrected chi connectivity index (χ1v) is 7.75. The normalized spacial score (nSPS) is 11.9. The van der Waals surface area contributed by atoms with Gasteiger partial charge in [-0.25, -0.2) is 0 Å². The second kappa shape index (κ2) is 6.62. The molecule has 0 aliphatic carbocycles. The van der Waals surface area contributed by atoms with Gasteiger partial charge in [-0.15, -0.1) is 11.8 Å². The predicted molar refractivity (Wildman–Crippen MR) is 83.8 cm³/mol. The highest BCUT2D eigenvalue weighted by Crippen LogP contribution is 2.28. The van der Waals surface area contributed by atoms with E-state index < -0.39 is 6.10 Å². The number of rotatable bonds is 5. The third-order valence-corrected chi connectivity index (χ3v) is 3.86. The highest BCUT2D eigenvalue weighted by atomic mass is 32.2. The van der Waals surface area contributed by atoms with E-state index in [1.807, 2.05) is 61.7 Å². The number of ketones is 1. The molecule has 0 fully saturated rings. The number of Topliss-reactive ketones (excluding diaryl/α,β-unsaturated/α-hetero) is 1. The van der Waals surface area contributed by atoms with Gasteiger partial charge in [0.1, 0.15) is 5.75 Å². The van der Waals surface area contributed by atoms with Crippen molar-refractivity contribution in [3.05, 3.63) is 59.7 Å². The molecule has 0 radical (unpaired) electrons. The number of benzene rings is 2. The molecule has 1 unspecified atom stereocenters. The van der Waals surface area contributed by atoms with Crippen molar-refractivity contribution in [3.8, 4) is 5.75 Å². The minimum Gasteiger partial charge on any atom is -0.481 e. The fourth-order valence-corrected chi connectivity index (χ4v) is 2.44. The molecular weight excluding hydrogens is 268 g/mol. The number of hydrogen-bond acceptors (Lipinski definition) is 3. The summed E-state index contributed by atoms with van der Waals surface area (Å²) in [5, 5.41) is 0. The molecule has 0 bridgehead atoms. The lowest BCUT2D eigenvalue weighted by Crippen LogP contribution is -2.24. The van der Waals surface area contributed by atoms with Crippen LogP contribution in [0.3, 0.4) is 0 Å². The molecule has 2 aromatic rings. The summed E-state index contributed by atoms with van der Waals surface area (Å²) < 4.78 is 5.81. The molecule has 0 saturated heterocycles. The molecule has 0 amide bonds. The smallest absolute Gasteiger partial charge is 0.202 e. The van der Waals surface area contributed by atoms with E-state index in [-0.39, 0.29) is 5.78 Å². The van der Waals surface area contributed by atoms with Crippen molar-refractivity contribution in [2.75, 3.05) is 6.26 Å². The van der Waals surface area contributed by atoms with Crippen LogP contribution in [0.4, 0.5) is 0 Å². The Morgan fingerprint density at radius 3 is 2.40 bits per heavy atom. The van der Waals surface area contributed by atoms with Crippen molar-refractivity contribution < 1.29 is 9.53 Å². The Morgan fingerprint density at radius 2 is 1.75 bits per heavy atom. The van der Waals surface area contributed by atoms with Gasteiger partial charge in [0.25, 0.3) is 0 Å². The van der Waals surface area contributed by atoms with Gasteiger partial charge in [-0.05, 0) is 32.2 Å². The average Bonchev–Trinajstić information content (AvgIpc) is 2.48. The van der Waals surface area contributed by atoms with Gasteiger partial charge in [0, 0.05) is 10.5 Å². The van der Waals surface area contributed by atoms with Gasteiger partial charge >= 0.3 is 0 Å². The summed E-state index contributed by atoms with van der Waals surface area (Å²) in [6, 6.07) is 15.3. The monoisotopic (exact) mass is 286 g/mol. The Labute approximate surface area is 124 Å². The Hall–Kier alpha value is -1.74. The van der Waals surface area contributed by atoms with Gasteiger partial charge in [0.15, 0.2) is 6.10 Å². The SMILES string of the molecule is CSc1ccccc1OC(C)C(=O)c1ccc(C)cc1. The van der Waals surface area contributed by atoms with Gasteiger partial charge in [0.05, 0.1) is 0 Å². The zero-order valence-electron chi connectivity index (χ0n) is 11.9. The van der Waals surface area contributed by atoms with E-state index in [4.69, 9.17) is 4.74 Å². The lowest BCUT2D eigenvalue weighted by molar-refractivity contribution is 0.0814. The van der Waals surface area contributed by atoms with Gasteiger partial charge in [-0.3, -0.25) is 4.79 Å². The van der Waals surface area contributed by atoms with E-state index in [0.717, 1.165) is 16.2 Å². The van der Waals surface area contributed by atoms with Gasteiger partial charge in [-0.1, -0.05) is 42.0 Å². The standard InChI is InChI=1S/C17H18O2S/c1-12-8-10-14(11-9-12)17(18)13(2)19-15-6-4-5-7-16(15)20-3/h4-11,13H,1-3H3. The number of ether oxygens (including phenoxy) is 1. The first-order valence-electron chi connectivity index (χ1n) is 6.52. The largest absolute Gasteiger partial charge is 0.481 e. The number of para-hydroxylation sites is 1. The van der Waals surface area contributed by atoms with Crippen LogP contribution < -0.4 is 4.74 Å². The average molecular weight is 286 g/mol. The second-order valence-electron chi connectivity index (χ2n) is 4.64. The fourth-order valence-electron chi connectivity index (χ4n) is 1.91. The lowest BCUT2D eigenvalue weighted by atomic mass is 10.1. The summed E-state index contributed by atoms with van der Waals surface area (Å²) in [6.07, 6.45) is 1.50. The third kappa shape index (κ3) is 3.42. The van der Waals surface area contributed by atoms with Crippen molar-refractivity contribution in [2.24, 2.45) is 0 Å². The van der Waals surface area contributed by atoms with Crippen LogP contribution in [0, 0.1) is 6.92 Å². The molecule has 0 aliphatic heterocycles. The molecule has 2 nitrogen and oxygen atoms in total. The van der Waals surface area contributed by atoms with Crippen molar-refractivity contribution in [3.63, 3.8) is 0 Å². The van der Waals surface area contributed by atoms with Crippen LogP contribution in [0.2, 0.25) is 0 Å². The summed E-state index contributed by atoms with van der Waals surface area (Å²) >= 11 is 1.61. The summed E-state index contributed by atoms with van der Waals surface area (Å²) in [7, 11) is 0. The van der Waals surface area contributed by atoms with Crippen LogP contribution >= 0.6 is 11.8 Å². The Bertz CT molecular complexity index is 590. The Morgan fingerprint density at radius 1 is 1.10 bits per heavy atom. The molecule has 0 heterocycles. The van der Waals surface area contributed by atoms with E-state index in [2.05, 4.69) is 0 Å². The maximum absolute atomic E-state index is 12.3. The number of thioether (sulfide) groups is 1. The predicted octanol–water partition coefficient (Wildman–Crippen LogP) is 4.37. The zero-order valence-corrected chi connectivity index (χ0v) is 12.7. The minimum atomic E-state index is -0.494. The molecule has 0 aliphatic rings. The second-order valence-corrected chi connectivity index (χ2v) is 5.49. The number of carbonyl (C=O) groups excluding carboxylic acids is 1. The number of hydrogen-bond donors (Lipinski definition) is 0. The molecule has 0 spiro atoms. The van der Waals surface area contributed by atoms with Crippen molar-refractivity contribution in [1.82, 2.24) is 0 Å². The lowest BCUT2D eigenvalue weighted by Gasteiger charge is -2.16. The van der Waals surface area contributed by atoms with Crippen molar-refractivity contribution in [1.29, 1.82) is 0 Å². The van der Waals surface area contributed by atoms with Crippen LogP contribution in [0.1, 0.15) is 22.8 Å². The molecule has 2 aromatic carbocycles. The van der Waals surface area contributed by atoms with Crippen molar-refractivity contribution in [2.45, 2.75) is 24.8 Å². The van der Waals surface area contributed by atoms with Crippen molar-refractivity contribution >= 4 is 17.5 Å². The highest BCUT2D eigenvalue weighted by molar-refractivity contribution is 7.98. The topological polar surface area (TPSA) is 26.3 Å². The minimum absolute atomic E-state index is 0.000839. The molecule has 3 heteroatoms. The molecule has 104 valence electrons. The summed E-state index contributed by atoms with van der Waals surface area (Å²) in [5.41, 5.74) is 1.83. The van der Waals surface area contributed by atoms with E-state index in [9.17, 15) is 4.79 Å². The Balaban J connectivity index is 2.13.